The summed E-state index contributed by atoms with van der Waals surface area (Å²) >= 11 is 1.35. The SMILES string of the molecule is CC(OC(=O)C1CCCN(C(=O)c2cccs2)C1)C(=O)Nc1ccc([N+](=O)[O-])cc1. The van der Waals surface area contributed by atoms with Crippen molar-refractivity contribution >= 4 is 40.5 Å². The van der Waals surface area contributed by atoms with E-state index in [1.54, 1.807) is 17.0 Å². The number of benzene rings is 1. The predicted molar refractivity (Wildman–Crippen MR) is 110 cm³/mol. The van der Waals surface area contributed by atoms with Gasteiger partial charge < -0.3 is 15.0 Å². The van der Waals surface area contributed by atoms with Gasteiger partial charge >= 0.3 is 5.97 Å². The van der Waals surface area contributed by atoms with Crippen LogP contribution in [0.4, 0.5) is 11.4 Å². The molecule has 1 fully saturated rings. The van der Waals surface area contributed by atoms with Crippen molar-refractivity contribution in [3.8, 4) is 0 Å². The van der Waals surface area contributed by atoms with Crippen molar-refractivity contribution in [3.63, 3.8) is 0 Å². The molecule has 1 N–H and O–H groups in total. The van der Waals surface area contributed by atoms with E-state index < -0.39 is 28.8 Å². The summed E-state index contributed by atoms with van der Waals surface area (Å²) in [5.74, 6) is -1.66. The first kappa shape index (κ1) is 21.4. The molecule has 1 aliphatic heterocycles. The van der Waals surface area contributed by atoms with E-state index in [0.717, 1.165) is 0 Å². The van der Waals surface area contributed by atoms with Crippen molar-refractivity contribution < 1.29 is 24.0 Å². The third kappa shape index (κ3) is 5.20. The molecule has 30 heavy (non-hydrogen) atoms. The highest BCUT2D eigenvalue weighted by Gasteiger charge is 2.32. The van der Waals surface area contributed by atoms with Crippen molar-refractivity contribution in [3.05, 3.63) is 56.8 Å². The number of nitro groups is 1. The van der Waals surface area contributed by atoms with Crippen LogP contribution in [-0.2, 0) is 14.3 Å². The number of carbonyl (C=O) groups excluding carboxylic acids is 3. The topological polar surface area (TPSA) is 119 Å². The van der Waals surface area contributed by atoms with E-state index in [1.807, 2.05) is 5.38 Å². The minimum Gasteiger partial charge on any atom is -0.452 e. The fourth-order valence-corrected chi connectivity index (χ4v) is 3.84. The molecule has 2 atom stereocenters. The highest BCUT2D eigenvalue weighted by atomic mass is 32.1. The van der Waals surface area contributed by atoms with Crippen LogP contribution in [0.15, 0.2) is 41.8 Å². The van der Waals surface area contributed by atoms with Crippen molar-refractivity contribution in [2.75, 3.05) is 18.4 Å². The zero-order valence-electron chi connectivity index (χ0n) is 16.3. The number of hydrogen-bond donors (Lipinski definition) is 1. The normalized spacial score (nSPS) is 17.1. The highest BCUT2D eigenvalue weighted by molar-refractivity contribution is 7.12. The number of thiophene rings is 1. The molecule has 2 amide bonds. The second-order valence-electron chi connectivity index (χ2n) is 6.94. The summed E-state index contributed by atoms with van der Waals surface area (Å²) in [6, 6.07) is 8.90. The maximum atomic E-state index is 12.5. The first-order chi connectivity index (χ1) is 14.3. The Bertz CT molecular complexity index is 929. The summed E-state index contributed by atoms with van der Waals surface area (Å²) in [5.41, 5.74) is 0.269. The lowest BCUT2D eigenvalue weighted by Crippen LogP contribution is -2.43. The number of ether oxygens (including phenoxy) is 1. The van der Waals surface area contributed by atoms with E-state index in [0.29, 0.717) is 30.0 Å². The van der Waals surface area contributed by atoms with Crippen molar-refractivity contribution in [1.82, 2.24) is 4.90 Å². The summed E-state index contributed by atoms with van der Waals surface area (Å²) in [7, 11) is 0. The predicted octanol–water partition coefficient (Wildman–Crippen LogP) is 3.08. The van der Waals surface area contributed by atoms with Crippen LogP contribution >= 0.6 is 11.3 Å². The molecule has 0 spiro atoms. The summed E-state index contributed by atoms with van der Waals surface area (Å²) in [6.45, 7) is 2.29. The number of nitrogens with one attached hydrogen (secondary N) is 1. The third-order valence-corrected chi connectivity index (χ3v) is 5.64. The first-order valence-electron chi connectivity index (χ1n) is 9.43. The Kier molecular flexibility index (Phi) is 6.78. The van der Waals surface area contributed by atoms with Gasteiger partial charge in [-0.2, -0.15) is 0 Å². The van der Waals surface area contributed by atoms with E-state index in [4.69, 9.17) is 4.74 Å². The molecule has 2 unspecified atom stereocenters. The number of esters is 1. The largest absolute Gasteiger partial charge is 0.452 e. The highest BCUT2D eigenvalue weighted by Crippen LogP contribution is 2.22. The van der Waals surface area contributed by atoms with Crippen LogP contribution in [0.25, 0.3) is 0 Å². The quantitative estimate of drug-likeness (QED) is 0.426. The number of piperidine rings is 1. The van der Waals surface area contributed by atoms with E-state index in [2.05, 4.69) is 5.32 Å². The Balaban J connectivity index is 1.53. The summed E-state index contributed by atoms with van der Waals surface area (Å²) in [6.07, 6.45) is 0.223. The Labute approximate surface area is 176 Å². The molecule has 2 heterocycles. The number of nitrogens with zero attached hydrogens (tertiary/aromatic N) is 2. The fraction of sp³-hybridized carbons (Fsp3) is 0.350. The van der Waals surface area contributed by atoms with Gasteiger partial charge in [-0.3, -0.25) is 24.5 Å². The van der Waals surface area contributed by atoms with Gasteiger partial charge in [-0.05, 0) is 43.3 Å². The van der Waals surface area contributed by atoms with E-state index >= 15 is 0 Å². The molecule has 1 aromatic heterocycles. The summed E-state index contributed by atoms with van der Waals surface area (Å²) < 4.78 is 5.31. The van der Waals surface area contributed by atoms with Crippen LogP contribution in [0.5, 0.6) is 0 Å². The molecular weight excluding hydrogens is 410 g/mol. The Morgan fingerprint density at radius 3 is 2.63 bits per heavy atom. The lowest BCUT2D eigenvalue weighted by molar-refractivity contribution is -0.384. The zero-order chi connectivity index (χ0) is 21.7. The van der Waals surface area contributed by atoms with Gasteiger partial charge in [0.2, 0.25) is 0 Å². The molecule has 0 bridgehead atoms. The minimum atomic E-state index is -1.05. The number of rotatable bonds is 6. The summed E-state index contributed by atoms with van der Waals surface area (Å²) in [5, 5.41) is 15.1. The lowest BCUT2D eigenvalue weighted by Gasteiger charge is -2.31. The number of likely N-dealkylation sites (tertiary alicyclic amines) is 1. The molecule has 3 rings (SSSR count). The maximum Gasteiger partial charge on any atom is 0.311 e. The van der Waals surface area contributed by atoms with E-state index in [1.165, 1.54) is 42.5 Å². The van der Waals surface area contributed by atoms with Gasteiger partial charge in [0.05, 0.1) is 15.7 Å². The average Bonchev–Trinajstić information content (AvgIpc) is 3.28. The molecule has 0 saturated carbocycles. The van der Waals surface area contributed by atoms with Gasteiger partial charge in [0, 0.05) is 30.9 Å². The monoisotopic (exact) mass is 431 g/mol. The minimum absolute atomic E-state index is 0.0913. The molecule has 0 radical (unpaired) electrons. The van der Waals surface area contributed by atoms with Crippen molar-refractivity contribution in [1.29, 1.82) is 0 Å². The number of amides is 2. The van der Waals surface area contributed by atoms with E-state index in [-0.39, 0.29) is 18.1 Å². The molecule has 1 aliphatic rings. The van der Waals surface area contributed by atoms with Crippen LogP contribution < -0.4 is 5.32 Å². The number of nitro benzene ring substituents is 1. The first-order valence-corrected chi connectivity index (χ1v) is 10.3. The lowest BCUT2D eigenvalue weighted by atomic mass is 9.98. The second-order valence-corrected chi connectivity index (χ2v) is 7.89. The Morgan fingerprint density at radius 2 is 2.00 bits per heavy atom. The van der Waals surface area contributed by atoms with Gasteiger partial charge in [0.25, 0.3) is 17.5 Å². The van der Waals surface area contributed by atoms with Crippen molar-refractivity contribution in [2.24, 2.45) is 5.92 Å². The molecule has 1 aromatic carbocycles. The molecule has 0 aliphatic carbocycles. The van der Waals surface area contributed by atoms with Gasteiger partial charge in [0.15, 0.2) is 6.10 Å². The van der Waals surface area contributed by atoms with Crippen LogP contribution in [0.3, 0.4) is 0 Å². The number of non-ortho nitro benzene ring substituents is 1. The van der Waals surface area contributed by atoms with Crippen LogP contribution in [0.2, 0.25) is 0 Å². The zero-order valence-corrected chi connectivity index (χ0v) is 17.1. The van der Waals surface area contributed by atoms with Gasteiger partial charge in [-0.15, -0.1) is 11.3 Å². The Morgan fingerprint density at radius 1 is 1.27 bits per heavy atom. The molecule has 10 heteroatoms. The molecule has 158 valence electrons. The molecule has 1 saturated heterocycles. The van der Waals surface area contributed by atoms with E-state index in [9.17, 15) is 24.5 Å². The second kappa shape index (κ2) is 9.49. The smallest absolute Gasteiger partial charge is 0.311 e. The molecule has 2 aromatic rings. The number of hydrogen-bond acceptors (Lipinski definition) is 7. The van der Waals surface area contributed by atoms with Gasteiger partial charge in [-0.1, -0.05) is 6.07 Å². The maximum absolute atomic E-state index is 12.5. The summed E-state index contributed by atoms with van der Waals surface area (Å²) in [4.78, 5) is 49.7. The third-order valence-electron chi connectivity index (χ3n) is 4.78. The van der Waals surface area contributed by atoms with Gasteiger partial charge in [-0.25, -0.2) is 0 Å². The van der Waals surface area contributed by atoms with Crippen LogP contribution in [-0.4, -0.2) is 46.8 Å². The van der Waals surface area contributed by atoms with Crippen molar-refractivity contribution in [2.45, 2.75) is 25.9 Å². The fourth-order valence-electron chi connectivity index (χ4n) is 3.14. The van der Waals surface area contributed by atoms with Gasteiger partial charge in [0.1, 0.15) is 0 Å². The molecule has 9 nitrogen and oxygen atoms in total. The Hall–Kier alpha value is -3.27. The number of anilines is 1. The van der Waals surface area contributed by atoms with Crippen LogP contribution in [0.1, 0.15) is 29.4 Å². The average molecular weight is 431 g/mol. The van der Waals surface area contributed by atoms with Crippen LogP contribution in [0, 0.1) is 16.0 Å². The number of carbonyl (C=O) groups is 3. The standard InChI is InChI=1S/C20H21N3O6S/c1-13(18(24)21-15-6-8-16(9-7-15)23(27)28)29-20(26)14-4-2-10-22(12-14)19(25)17-5-3-11-30-17/h3,5-9,11,13-14H,2,4,10,12H2,1H3,(H,21,24). The molecular formula is C20H21N3O6S.